The lowest BCUT2D eigenvalue weighted by Gasteiger charge is -2.11. The van der Waals surface area contributed by atoms with Gasteiger partial charge >= 0.3 is 5.97 Å². The van der Waals surface area contributed by atoms with Crippen molar-refractivity contribution in [1.82, 2.24) is 0 Å². The molecular weight excluding hydrogens is 392 g/mol. The van der Waals surface area contributed by atoms with Crippen molar-refractivity contribution in [2.24, 2.45) is 0 Å². The predicted octanol–water partition coefficient (Wildman–Crippen LogP) is 3.13. The summed E-state index contributed by atoms with van der Waals surface area (Å²) in [5.41, 5.74) is 0.917. The SMILES string of the molecule is COc1cc(C)ccc1OCC(=O)OCC(=O)Nc1ccc([N+](=O)[O-])cc1Cl. The van der Waals surface area contributed by atoms with E-state index < -0.39 is 30.0 Å². The van der Waals surface area contributed by atoms with Gasteiger partial charge in [0.1, 0.15) is 0 Å². The summed E-state index contributed by atoms with van der Waals surface area (Å²) in [6.45, 7) is 0.905. The maximum atomic E-state index is 11.9. The number of nitrogens with zero attached hydrogens (tertiary/aromatic N) is 1. The fourth-order valence-electron chi connectivity index (χ4n) is 2.12. The number of anilines is 1. The lowest BCUT2D eigenvalue weighted by Crippen LogP contribution is -2.23. The number of rotatable bonds is 8. The van der Waals surface area contributed by atoms with Crippen LogP contribution in [0.3, 0.4) is 0 Å². The Hall–Kier alpha value is -3.33. The van der Waals surface area contributed by atoms with Crippen molar-refractivity contribution in [3.05, 3.63) is 57.1 Å². The number of amides is 1. The van der Waals surface area contributed by atoms with E-state index in [9.17, 15) is 19.7 Å². The minimum absolute atomic E-state index is 0.0105. The van der Waals surface area contributed by atoms with Gasteiger partial charge in [-0.3, -0.25) is 14.9 Å². The Balaban J connectivity index is 1.83. The Labute approximate surface area is 165 Å². The molecule has 0 unspecified atom stereocenters. The Bertz CT molecular complexity index is 901. The zero-order chi connectivity index (χ0) is 20.7. The molecule has 0 aliphatic carbocycles. The molecule has 2 rings (SSSR count). The Kier molecular flexibility index (Phi) is 7.16. The normalized spacial score (nSPS) is 10.1. The molecule has 0 fully saturated rings. The van der Waals surface area contributed by atoms with Gasteiger partial charge < -0.3 is 19.5 Å². The monoisotopic (exact) mass is 408 g/mol. The zero-order valence-corrected chi connectivity index (χ0v) is 15.8. The van der Waals surface area contributed by atoms with Gasteiger partial charge in [0, 0.05) is 12.1 Å². The van der Waals surface area contributed by atoms with Crippen molar-refractivity contribution in [3.63, 3.8) is 0 Å². The third-order valence-corrected chi connectivity index (χ3v) is 3.78. The standard InChI is InChI=1S/C18H17ClN2O7/c1-11-3-6-15(16(7-11)26-2)27-10-18(23)28-9-17(22)20-14-5-4-12(21(24)25)8-13(14)19/h3-8H,9-10H2,1-2H3,(H,20,22). The van der Waals surface area contributed by atoms with Gasteiger partial charge in [-0.25, -0.2) is 4.79 Å². The second-order valence-corrected chi connectivity index (χ2v) is 5.98. The van der Waals surface area contributed by atoms with Gasteiger partial charge in [0.2, 0.25) is 0 Å². The number of nitro benzene ring substituents is 1. The molecule has 28 heavy (non-hydrogen) atoms. The Morgan fingerprint density at radius 2 is 1.89 bits per heavy atom. The number of ether oxygens (including phenoxy) is 3. The molecule has 0 aliphatic heterocycles. The molecule has 2 aromatic carbocycles. The summed E-state index contributed by atoms with van der Waals surface area (Å²) < 4.78 is 15.3. The van der Waals surface area contributed by atoms with Gasteiger partial charge in [0.25, 0.3) is 11.6 Å². The molecule has 0 aliphatic rings. The summed E-state index contributed by atoms with van der Waals surface area (Å²) in [5, 5.41) is 13.1. The minimum atomic E-state index is -0.757. The molecule has 0 aromatic heterocycles. The lowest BCUT2D eigenvalue weighted by atomic mass is 10.2. The van der Waals surface area contributed by atoms with Crippen LogP contribution in [0.15, 0.2) is 36.4 Å². The summed E-state index contributed by atoms with van der Waals surface area (Å²) in [5.74, 6) is -0.574. The average Bonchev–Trinajstić information content (AvgIpc) is 2.66. The molecule has 1 N–H and O–H groups in total. The smallest absolute Gasteiger partial charge is 0.344 e. The summed E-state index contributed by atoms with van der Waals surface area (Å²) in [6.07, 6.45) is 0. The van der Waals surface area contributed by atoms with Crippen molar-refractivity contribution in [2.45, 2.75) is 6.92 Å². The minimum Gasteiger partial charge on any atom is -0.493 e. The topological polar surface area (TPSA) is 117 Å². The van der Waals surface area contributed by atoms with E-state index in [1.54, 1.807) is 18.2 Å². The van der Waals surface area contributed by atoms with Crippen molar-refractivity contribution < 1.29 is 28.7 Å². The maximum absolute atomic E-state index is 11.9. The third kappa shape index (κ3) is 5.85. The highest BCUT2D eigenvalue weighted by Gasteiger charge is 2.14. The number of hydrogen-bond donors (Lipinski definition) is 1. The first-order valence-corrected chi connectivity index (χ1v) is 8.35. The van der Waals surface area contributed by atoms with Crippen LogP contribution in [0.25, 0.3) is 0 Å². The van der Waals surface area contributed by atoms with E-state index in [2.05, 4.69) is 5.32 Å². The van der Waals surface area contributed by atoms with Crippen molar-refractivity contribution in [2.75, 3.05) is 25.6 Å². The molecule has 148 valence electrons. The number of nitrogens with one attached hydrogen (secondary N) is 1. The van der Waals surface area contributed by atoms with E-state index in [1.165, 1.54) is 19.2 Å². The first kappa shape index (κ1) is 21.0. The summed E-state index contributed by atoms with van der Waals surface area (Å²) in [7, 11) is 1.48. The highest BCUT2D eigenvalue weighted by molar-refractivity contribution is 6.34. The molecule has 0 spiro atoms. The highest BCUT2D eigenvalue weighted by Crippen LogP contribution is 2.28. The number of carbonyl (C=O) groups is 2. The first-order chi connectivity index (χ1) is 13.3. The molecule has 0 radical (unpaired) electrons. The molecule has 0 atom stereocenters. The van der Waals surface area contributed by atoms with Crippen LogP contribution in [0.2, 0.25) is 5.02 Å². The molecule has 2 aromatic rings. The quantitative estimate of drug-likeness (QED) is 0.405. The van der Waals surface area contributed by atoms with E-state index in [-0.39, 0.29) is 16.4 Å². The third-order valence-electron chi connectivity index (χ3n) is 3.47. The summed E-state index contributed by atoms with van der Waals surface area (Å²) >= 11 is 5.88. The van der Waals surface area contributed by atoms with Crippen LogP contribution in [-0.2, 0) is 14.3 Å². The fraction of sp³-hybridized carbons (Fsp3) is 0.222. The van der Waals surface area contributed by atoms with Gasteiger partial charge in [-0.05, 0) is 30.7 Å². The summed E-state index contributed by atoms with van der Waals surface area (Å²) in [6, 6.07) is 8.78. The number of carbonyl (C=O) groups excluding carboxylic acids is 2. The van der Waals surface area contributed by atoms with Crippen molar-refractivity contribution in [1.29, 1.82) is 0 Å². The molecule has 0 heterocycles. The van der Waals surface area contributed by atoms with Crippen LogP contribution < -0.4 is 14.8 Å². The number of halogens is 1. The highest BCUT2D eigenvalue weighted by atomic mass is 35.5. The second kappa shape index (κ2) is 9.56. The number of nitro groups is 1. The predicted molar refractivity (Wildman–Crippen MR) is 101 cm³/mol. The maximum Gasteiger partial charge on any atom is 0.344 e. The van der Waals surface area contributed by atoms with E-state index in [1.807, 2.05) is 6.92 Å². The summed E-state index contributed by atoms with van der Waals surface area (Å²) in [4.78, 5) is 33.7. The number of hydrogen-bond acceptors (Lipinski definition) is 7. The van der Waals surface area contributed by atoms with E-state index in [0.717, 1.165) is 11.6 Å². The first-order valence-electron chi connectivity index (χ1n) is 7.97. The van der Waals surface area contributed by atoms with Crippen LogP contribution in [-0.4, -0.2) is 37.1 Å². The lowest BCUT2D eigenvalue weighted by molar-refractivity contribution is -0.384. The van der Waals surface area contributed by atoms with Crippen LogP contribution in [0.5, 0.6) is 11.5 Å². The van der Waals surface area contributed by atoms with Crippen molar-refractivity contribution in [3.8, 4) is 11.5 Å². The Morgan fingerprint density at radius 3 is 2.54 bits per heavy atom. The number of esters is 1. The number of non-ortho nitro benzene ring substituents is 1. The molecule has 0 bridgehead atoms. The molecule has 9 nitrogen and oxygen atoms in total. The van der Waals surface area contributed by atoms with Gasteiger partial charge in [0.05, 0.1) is 22.7 Å². The Morgan fingerprint density at radius 1 is 1.14 bits per heavy atom. The molecule has 1 amide bonds. The van der Waals surface area contributed by atoms with Crippen LogP contribution >= 0.6 is 11.6 Å². The van der Waals surface area contributed by atoms with Crippen molar-refractivity contribution >= 4 is 34.9 Å². The van der Waals surface area contributed by atoms with Gasteiger partial charge in [-0.1, -0.05) is 17.7 Å². The molecule has 10 heteroatoms. The average molecular weight is 409 g/mol. The van der Waals surface area contributed by atoms with E-state index >= 15 is 0 Å². The van der Waals surface area contributed by atoms with Gasteiger partial charge in [0.15, 0.2) is 24.7 Å². The second-order valence-electron chi connectivity index (χ2n) is 5.57. The van der Waals surface area contributed by atoms with Crippen LogP contribution in [0.1, 0.15) is 5.56 Å². The van der Waals surface area contributed by atoms with E-state index in [4.69, 9.17) is 25.8 Å². The zero-order valence-electron chi connectivity index (χ0n) is 15.1. The number of aryl methyl sites for hydroxylation is 1. The number of methoxy groups -OCH3 is 1. The largest absolute Gasteiger partial charge is 0.493 e. The van der Waals surface area contributed by atoms with E-state index in [0.29, 0.717) is 11.5 Å². The van der Waals surface area contributed by atoms with Crippen LogP contribution in [0, 0.1) is 17.0 Å². The molecular formula is C18H17ClN2O7. The fourth-order valence-corrected chi connectivity index (χ4v) is 2.35. The number of benzene rings is 2. The van der Waals surface area contributed by atoms with Gasteiger partial charge in [-0.15, -0.1) is 0 Å². The van der Waals surface area contributed by atoms with Gasteiger partial charge in [-0.2, -0.15) is 0 Å². The molecule has 0 saturated carbocycles. The van der Waals surface area contributed by atoms with Crippen LogP contribution in [0.4, 0.5) is 11.4 Å². The molecule has 0 saturated heterocycles.